The summed E-state index contributed by atoms with van der Waals surface area (Å²) in [6.07, 6.45) is 3.65. The highest BCUT2D eigenvalue weighted by molar-refractivity contribution is 5.86. The van der Waals surface area contributed by atoms with Crippen LogP contribution in [-0.4, -0.2) is 15.9 Å². The summed E-state index contributed by atoms with van der Waals surface area (Å²) in [4.78, 5) is 15.9. The summed E-state index contributed by atoms with van der Waals surface area (Å²) in [7, 11) is 0. The molecule has 2 fully saturated rings. The zero-order valence-electron chi connectivity index (χ0n) is 8.77. The Kier molecular flexibility index (Phi) is 1.90. The van der Waals surface area contributed by atoms with E-state index in [2.05, 4.69) is 17.1 Å². The van der Waals surface area contributed by atoms with Gasteiger partial charge in [0.1, 0.15) is 5.78 Å². The number of carbonyl (C=O) groups excluding carboxylic acids is 1. The predicted octanol–water partition coefficient (Wildman–Crippen LogP) is 2.03. The normalized spacial score (nSPS) is 34.7. The van der Waals surface area contributed by atoms with Gasteiger partial charge in [-0.3, -0.25) is 4.79 Å². The molecule has 0 aromatic carbocycles. The van der Waals surface area contributed by atoms with Gasteiger partial charge < -0.3 is 4.52 Å². The lowest BCUT2D eigenvalue weighted by Crippen LogP contribution is -2.04. The average Bonchev–Trinajstić information content (AvgIpc) is 2.69. The van der Waals surface area contributed by atoms with Gasteiger partial charge >= 0.3 is 0 Å². The summed E-state index contributed by atoms with van der Waals surface area (Å²) < 4.78 is 5.19. The Morgan fingerprint density at radius 1 is 1.47 bits per heavy atom. The van der Waals surface area contributed by atoms with E-state index in [1.807, 2.05) is 0 Å². The van der Waals surface area contributed by atoms with Gasteiger partial charge in [-0.05, 0) is 25.2 Å². The number of aromatic nitrogens is 2. The number of hydrogen-bond donors (Lipinski definition) is 0. The minimum absolute atomic E-state index is 0.111. The van der Waals surface area contributed by atoms with Crippen LogP contribution in [0.15, 0.2) is 4.52 Å². The fraction of sp³-hybridized carbons (Fsp3) is 0.727. The maximum absolute atomic E-state index is 11.5. The van der Waals surface area contributed by atoms with E-state index in [-0.39, 0.29) is 11.7 Å². The van der Waals surface area contributed by atoms with Gasteiger partial charge in [-0.15, -0.1) is 0 Å². The maximum Gasteiger partial charge on any atom is 0.237 e. The highest BCUT2D eigenvalue weighted by atomic mass is 16.5. The Morgan fingerprint density at radius 3 is 2.87 bits per heavy atom. The van der Waals surface area contributed by atoms with Crippen LogP contribution in [0.3, 0.4) is 0 Å². The van der Waals surface area contributed by atoms with E-state index < -0.39 is 0 Å². The Labute approximate surface area is 88.1 Å². The molecule has 0 saturated heterocycles. The average molecular weight is 206 g/mol. The van der Waals surface area contributed by atoms with Gasteiger partial charge in [-0.2, -0.15) is 4.98 Å². The first-order chi connectivity index (χ1) is 7.25. The third kappa shape index (κ3) is 1.48. The third-order valence-electron chi connectivity index (χ3n) is 3.50. The Balaban J connectivity index is 1.81. The second-order valence-corrected chi connectivity index (χ2v) is 4.72. The molecule has 4 nitrogen and oxygen atoms in total. The van der Waals surface area contributed by atoms with Crippen LogP contribution < -0.4 is 0 Å². The van der Waals surface area contributed by atoms with E-state index in [9.17, 15) is 4.79 Å². The molecule has 0 radical (unpaired) electrons. The van der Waals surface area contributed by atoms with E-state index in [0.29, 0.717) is 24.1 Å². The Bertz CT molecular complexity index is 399. The molecule has 2 saturated carbocycles. The molecule has 0 spiro atoms. The zero-order chi connectivity index (χ0) is 10.4. The van der Waals surface area contributed by atoms with E-state index in [1.54, 1.807) is 0 Å². The first-order valence-corrected chi connectivity index (χ1v) is 5.62. The van der Waals surface area contributed by atoms with Crippen LogP contribution in [0.5, 0.6) is 0 Å². The third-order valence-corrected chi connectivity index (χ3v) is 3.50. The number of ketones is 1. The maximum atomic E-state index is 11.5. The number of nitrogens with zero attached hydrogens (tertiary/aromatic N) is 2. The summed E-state index contributed by atoms with van der Waals surface area (Å²) >= 11 is 0. The SMILES string of the molecule is CC1CC1c1noc(C2CCCC2=O)n1. The number of Topliss-reactive ketones (excluding diaryl/α,β-unsaturated/α-hetero) is 1. The summed E-state index contributed by atoms with van der Waals surface area (Å²) in [5.74, 6) is 2.65. The van der Waals surface area contributed by atoms with Gasteiger partial charge in [0.15, 0.2) is 5.82 Å². The molecule has 0 amide bonds. The smallest absolute Gasteiger partial charge is 0.237 e. The van der Waals surface area contributed by atoms with E-state index in [0.717, 1.165) is 25.1 Å². The second kappa shape index (κ2) is 3.15. The molecule has 2 aliphatic carbocycles. The lowest BCUT2D eigenvalue weighted by Gasteiger charge is -1.98. The van der Waals surface area contributed by atoms with Gasteiger partial charge in [0.2, 0.25) is 5.89 Å². The molecule has 0 N–H and O–H groups in total. The first-order valence-electron chi connectivity index (χ1n) is 5.62. The highest BCUT2D eigenvalue weighted by Gasteiger charge is 2.39. The van der Waals surface area contributed by atoms with Crippen LogP contribution in [0.4, 0.5) is 0 Å². The van der Waals surface area contributed by atoms with Gasteiger partial charge in [-0.1, -0.05) is 12.1 Å². The largest absolute Gasteiger partial charge is 0.339 e. The fourth-order valence-electron chi connectivity index (χ4n) is 2.30. The molecule has 2 aliphatic rings. The minimum atomic E-state index is -0.111. The van der Waals surface area contributed by atoms with Crippen molar-refractivity contribution in [3.63, 3.8) is 0 Å². The van der Waals surface area contributed by atoms with Crippen molar-refractivity contribution in [2.75, 3.05) is 0 Å². The van der Waals surface area contributed by atoms with Crippen molar-refractivity contribution in [3.05, 3.63) is 11.7 Å². The first kappa shape index (κ1) is 9.07. The number of carbonyl (C=O) groups is 1. The fourth-order valence-corrected chi connectivity index (χ4v) is 2.30. The van der Waals surface area contributed by atoms with Crippen molar-refractivity contribution in [1.29, 1.82) is 0 Å². The molecule has 80 valence electrons. The lowest BCUT2D eigenvalue weighted by atomic mass is 10.1. The van der Waals surface area contributed by atoms with Crippen LogP contribution in [0.25, 0.3) is 0 Å². The van der Waals surface area contributed by atoms with E-state index >= 15 is 0 Å². The minimum Gasteiger partial charge on any atom is -0.339 e. The molecule has 0 bridgehead atoms. The second-order valence-electron chi connectivity index (χ2n) is 4.72. The van der Waals surface area contributed by atoms with Gasteiger partial charge in [0.05, 0.1) is 5.92 Å². The van der Waals surface area contributed by atoms with Crippen LogP contribution >= 0.6 is 0 Å². The van der Waals surface area contributed by atoms with Crippen molar-refractivity contribution in [3.8, 4) is 0 Å². The van der Waals surface area contributed by atoms with Crippen LogP contribution in [-0.2, 0) is 4.79 Å². The van der Waals surface area contributed by atoms with Crippen molar-refractivity contribution in [2.24, 2.45) is 5.92 Å². The zero-order valence-corrected chi connectivity index (χ0v) is 8.77. The quantitative estimate of drug-likeness (QED) is 0.742. The topological polar surface area (TPSA) is 56.0 Å². The van der Waals surface area contributed by atoms with Crippen molar-refractivity contribution >= 4 is 5.78 Å². The van der Waals surface area contributed by atoms with Crippen molar-refractivity contribution in [2.45, 2.75) is 44.4 Å². The number of rotatable bonds is 2. The summed E-state index contributed by atoms with van der Waals surface area (Å²) in [5.41, 5.74) is 0. The van der Waals surface area contributed by atoms with Gasteiger partial charge in [-0.25, -0.2) is 0 Å². The predicted molar refractivity (Wildman–Crippen MR) is 52.4 cm³/mol. The summed E-state index contributed by atoms with van der Waals surface area (Å²) in [6, 6.07) is 0. The molecular formula is C11H14N2O2. The van der Waals surface area contributed by atoms with Gasteiger partial charge in [0.25, 0.3) is 0 Å². The number of hydrogen-bond acceptors (Lipinski definition) is 4. The van der Waals surface area contributed by atoms with E-state index in [4.69, 9.17) is 4.52 Å². The molecule has 1 aromatic heterocycles. The molecule has 3 atom stereocenters. The molecule has 15 heavy (non-hydrogen) atoms. The summed E-state index contributed by atoms with van der Waals surface area (Å²) in [6.45, 7) is 2.18. The standard InChI is InChI=1S/C11H14N2O2/c1-6-5-8(6)10-12-11(15-13-10)7-3-2-4-9(7)14/h6-8H,2-5H2,1H3. The Hall–Kier alpha value is -1.19. The van der Waals surface area contributed by atoms with Crippen molar-refractivity contribution < 1.29 is 9.32 Å². The van der Waals surface area contributed by atoms with Crippen LogP contribution in [0.2, 0.25) is 0 Å². The van der Waals surface area contributed by atoms with E-state index in [1.165, 1.54) is 0 Å². The molecule has 4 heteroatoms. The molecule has 3 rings (SSSR count). The monoisotopic (exact) mass is 206 g/mol. The molecule has 1 aromatic rings. The van der Waals surface area contributed by atoms with Crippen LogP contribution in [0.1, 0.15) is 56.2 Å². The molecular weight excluding hydrogens is 192 g/mol. The molecule has 3 unspecified atom stereocenters. The summed E-state index contributed by atoms with van der Waals surface area (Å²) in [5, 5.41) is 3.97. The van der Waals surface area contributed by atoms with Gasteiger partial charge in [0, 0.05) is 12.3 Å². The van der Waals surface area contributed by atoms with Crippen molar-refractivity contribution in [1.82, 2.24) is 10.1 Å². The Morgan fingerprint density at radius 2 is 2.27 bits per heavy atom. The lowest BCUT2D eigenvalue weighted by molar-refractivity contribution is -0.119. The molecule has 0 aliphatic heterocycles. The highest BCUT2D eigenvalue weighted by Crippen LogP contribution is 2.46. The molecule has 1 heterocycles. The van der Waals surface area contributed by atoms with Crippen LogP contribution in [0, 0.1) is 5.92 Å².